The molecule has 0 spiro atoms. The van der Waals surface area contributed by atoms with E-state index in [-0.39, 0.29) is 11.5 Å². The number of hydrogen-bond donors (Lipinski definition) is 2. The fraction of sp³-hybridized carbons (Fsp3) is 0.900. The first-order valence-electron chi connectivity index (χ1n) is 4.84. The Morgan fingerprint density at radius 2 is 1.79 bits per heavy atom. The first-order chi connectivity index (χ1) is 6.15. The van der Waals surface area contributed by atoms with Gasteiger partial charge in [0.05, 0.1) is 17.7 Å². The lowest BCUT2D eigenvalue weighted by molar-refractivity contribution is -0.123. The zero-order valence-corrected chi connectivity index (χ0v) is 9.81. The molecule has 0 aliphatic carbocycles. The van der Waals surface area contributed by atoms with Crippen LogP contribution in [0.5, 0.6) is 0 Å². The summed E-state index contributed by atoms with van der Waals surface area (Å²) in [6.07, 6.45) is 0. The SMILES string of the molecule is CC(C)(C)OCCNC(C)(C)C(N)=O. The summed E-state index contributed by atoms with van der Waals surface area (Å²) in [5.41, 5.74) is 4.39. The third kappa shape index (κ3) is 5.94. The molecule has 84 valence electrons. The average Bonchev–Trinajstić information content (AvgIpc) is 1.96. The fourth-order valence-electron chi connectivity index (χ4n) is 0.808. The molecule has 0 fully saturated rings. The summed E-state index contributed by atoms with van der Waals surface area (Å²) < 4.78 is 5.49. The van der Waals surface area contributed by atoms with E-state index in [1.165, 1.54) is 0 Å². The highest BCUT2D eigenvalue weighted by Crippen LogP contribution is 2.06. The van der Waals surface area contributed by atoms with Crippen LogP contribution in [0.3, 0.4) is 0 Å². The number of carbonyl (C=O) groups is 1. The van der Waals surface area contributed by atoms with E-state index >= 15 is 0 Å². The highest BCUT2D eigenvalue weighted by Gasteiger charge is 2.23. The molecule has 4 heteroatoms. The molecular weight excluding hydrogens is 180 g/mol. The lowest BCUT2D eigenvalue weighted by Crippen LogP contribution is -2.51. The number of primary amides is 1. The minimum absolute atomic E-state index is 0.140. The lowest BCUT2D eigenvalue weighted by Gasteiger charge is -2.24. The molecule has 0 aromatic carbocycles. The van der Waals surface area contributed by atoms with Crippen molar-refractivity contribution in [3.05, 3.63) is 0 Å². The van der Waals surface area contributed by atoms with Gasteiger partial charge in [0.25, 0.3) is 0 Å². The molecule has 0 bridgehead atoms. The molecule has 0 aliphatic heterocycles. The lowest BCUT2D eigenvalue weighted by atomic mass is 10.1. The van der Waals surface area contributed by atoms with Gasteiger partial charge in [-0.05, 0) is 34.6 Å². The topological polar surface area (TPSA) is 64.3 Å². The number of ether oxygens (including phenoxy) is 1. The molecule has 4 nitrogen and oxygen atoms in total. The maximum atomic E-state index is 10.9. The zero-order valence-electron chi connectivity index (χ0n) is 9.81. The van der Waals surface area contributed by atoms with Crippen molar-refractivity contribution < 1.29 is 9.53 Å². The molecule has 0 saturated carbocycles. The highest BCUT2D eigenvalue weighted by atomic mass is 16.5. The maximum absolute atomic E-state index is 10.9. The molecule has 0 heterocycles. The monoisotopic (exact) mass is 202 g/mol. The summed E-state index contributed by atoms with van der Waals surface area (Å²) in [6, 6.07) is 0. The number of rotatable bonds is 5. The van der Waals surface area contributed by atoms with Crippen molar-refractivity contribution in [3.63, 3.8) is 0 Å². The van der Waals surface area contributed by atoms with Crippen molar-refractivity contribution in [2.24, 2.45) is 5.73 Å². The summed E-state index contributed by atoms with van der Waals surface area (Å²) in [5.74, 6) is -0.353. The van der Waals surface area contributed by atoms with Crippen LogP contribution >= 0.6 is 0 Å². The predicted molar refractivity (Wildman–Crippen MR) is 57.0 cm³/mol. The summed E-state index contributed by atoms with van der Waals surface area (Å²) in [6.45, 7) is 10.7. The molecule has 3 N–H and O–H groups in total. The molecule has 0 aromatic rings. The summed E-state index contributed by atoms with van der Waals surface area (Å²) in [5, 5.41) is 3.03. The Morgan fingerprint density at radius 3 is 2.14 bits per heavy atom. The van der Waals surface area contributed by atoms with Gasteiger partial charge in [0, 0.05) is 6.54 Å². The van der Waals surface area contributed by atoms with Crippen LogP contribution in [0.25, 0.3) is 0 Å². The smallest absolute Gasteiger partial charge is 0.237 e. The minimum atomic E-state index is -0.665. The molecule has 0 radical (unpaired) electrons. The molecule has 0 saturated heterocycles. The van der Waals surface area contributed by atoms with Crippen LogP contribution in [-0.2, 0) is 9.53 Å². The Bertz CT molecular complexity index is 195. The predicted octanol–water partition coefficient (Wildman–Crippen LogP) is 0.655. The third-order valence-corrected chi connectivity index (χ3v) is 1.82. The Kier molecular flexibility index (Phi) is 4.55. The molecule has 14 heavy (non-hydrogen) atoms. The van der Waals surface area contributed by atoms with E-state index in [1.54, 1.807) is 13.8 Å². The maximum Gasteiger partial charge on any atom is 0.237 e. The number of nitrogens with two attached hydrogens (primary N) is 1. The second kappa shape index (κ2) is 4.75. The fourth-order valence-corrected chi connectivity index (χ4v) is 0.808. The van der Waals surface area contributed by atoms with Crippen LogP contribution in [0, 0.1) is 0 Å². The van der Waals surface area contributed by atoms with Gasteiger partial charge >= 0.3 is 0 Å². The van der Waals surface area contributed by atoms with Gasteiger partial charge in [0.2, 0.25) is 5.91 Å². The highest BCUT2D eigenvalue weighted by molar-refractivity contribution is 5.83. The Balaban J connectivity index is 3.70. The van der Waals surface area contributed by atoms with E-state index in [4.69, 9.17) is 10.5 Å². The van der Waals surface area contributed by atoms with E-state index in [1.807, 2.05) is 20.8 Å². The molecule has 0 aromatic heterocycles. The van der Waals surface area contributed by atoms with Crippen LogP contribution in [0.15, 0.2) is 0 Å². The van der Waals surface area contributed by atoms with E-state index < -0.39 is 5.54 Å². The Labute approximate surface area is 86.2 Å². The van der Waals surface area contributed by atoms with Crippen LogP contribution in [0.4, 0.5) is 0 Å². The van der Waals surface area contributed by atoms with Crippen molar-refractivity contribution in [3.8, 4) is 0 Å². The second-order valence-corrected chi connectivity index (χ2v) is 4.88. The average molecular weight is 202 g/mol. The largest absolute Gasteiger partial charge is 0.375 e. The van der Waals surface area contributed by atoms with Crippen molar-refractivity contribution in [1.29, 1.82) is 0 Å². The molecule has 0 aliphatic rings. The van der Waals surface area contributed by atoms with Gasteiger partial charge in [-0.2, -0.15) is 0 Å². The van der Waals surface area contributed by atoms with E-state index in [0.29, 0.717) is 13.2 Å². The van der Waals surface area contributed by atoms with Gasteiger partial charge in [0.15, 0.2) is 0 Å². The first-order valence-corrected chi connectivity index (χ1v) is 4.84. The third-order valence-electron chi connectivity index (χ3n) is 1.82. The second-order valence-electron chi connectivity index (χ2n) is 4.88. The molecular formula is C10H22N2O2. The van der Waals surface area contributed by atoms with Gasteiger partial charge in [-0.3, -0.25) is 4.79 Å². The van der Waals surface area contributed by atoms with E-state index in [0.717, 1.165) is 0 Å². The summed E-state index contributed by atoms with van der Waals surface area (Å²) in [7, 11) is 0. The first kappa shape index (κ1) is 13.4. The van der Waals surface area contributed by atoms with Crippen LogP contribution in [0.2, 0.25) is 0 Å². The minimum Gasteiger partial charge on any atom is -0.375 e. The molecule has 0 unspecified atom stereocenters. The van der Waals surface area contributed by atoms with Gasteiger partial charge in [-0.1, -0.05) is 0 Å². The van der Waals surface area contributed by atoms with E-state index in [9.17, 15) is 4.79 Å². The van der Waals surface area contributed by atoms with Crippen LogP contribution in [-0.4, -0.2) is 30.2 Å². The van der Waals surface area contributed by atoms with Gasteiger partial charge in [-0.25, -0.2) is 0 Å². The Hall–Kier alpha value is -0.610. The molecule has 1 amide bonds. The van der Waals surface area contributed by atoms with Crippen LogP contribution < -0.4 is 11.1 Å². The number of carbonyl (C=O) groups excluding carboxylic acids is 1. The zero-order chi connectivity index (χ0) is 11.4. The molecule has 0 rings (SSSR count). The van der Waals surface area contributed by atoms with Gasteiger partial charge in [0.1, 0.15) is 0 Å². The quantitative estimate of drug-likeness (QED) is 0.643. The molecule has 0 atom stereocenters. The van der Waals surface area contributed by atoms with Crippen molar-refractivity contribution in [2.45, 2.75) is 45.8 Å². The summed E-state index contributed by atoms with van der Waals surface area (Å²) in [4.78, 5) is 10.9. The van der Waals surface area contributed by atoms with E-state index in [2.05, 4.69) is 5.32 Å². The van der Waals surface area contributed by atoms with Crippen molar-refractivity contribution >= 4 is 5.91 Å². The van der Waals surface area contributed by atoms with Gasteiger partial charge in [-0.15, -0.1) is 0 Å². The standard InChI is InChI=1S/C10H22N2O2/c1-9(2,3)14-7-6-12-10(4,5)8(11)13/h12H,6-7H2,1-5H3,(H2,11,13). The summed E-state index contributed by atoms with van der Waals surface area (Å²) >= 11 is 0. The van der Waals surface area contributed by atoms with Crippen LogP contribution in [0.1, 0.15) is 34.6 Å². The van der Waals surface area contributed by atoms with Crippen molar-refractivity contribution in [2.75, 3.05) is 13.2 Å². The normalized spacial score (nSPS) is 12.9. The number of hydrogen-bond acceptors (Lipinski definition) is 3. The number of nitrogens with one attached hydrogen (secondary N) is 1. The van der Waals surface area contributed by atoms with Crippen molar-refractivity contribution in [1.82, 2.24) is 5.32 Å². The van der Waals surface area contributed by atoms with Gasteiger partial charge < -0.3 is 15.8 Å². The number of amides is 1. The Morgan fingerprint density at radius 1 is 1.29 bits per heavy atom.